The van der Waals surface area contributed by atoms with E-state index in [-0.39, 0.29) is 0 Å². The van der Waals surface area contributed by atoms with Gasteiger partial charge in [0.1, 0.15) is 17.5 Å². The number of rotatable bonds is 6. The normalized spacial score (nSPS) is 11.3. The molecule has 0 fully saturated rings. The van der Waals surface area contributed by atoms with Crippen molar-refractivity contribution in [2.45, 2.75) is 0 Å². The molecule has 0 saturated carbocycles. The molecule has 0 aliphatic rings. The minimum Gasteiger partial charge on any atom is -0.456 e. The van der Waals surface area contributed by atoms with E-state index in [1.807, 2.05) is 36.4 Å². The summed E-state index contributed by atoms with van der Waals surface area (Å²) in [6.45, 7) is 0. The predicted octanol–water partition coefficient (Wildman–Crippen LogP) is 11.8. The zero-order chi connectivity index (χ0) is 32.6. The van der Waals surface area contributed by atoms with Gasteiger partial charge in [-0.15, -0.1) is 0 Å². The molecule has 2 aromatic heterocycles. The topological polar surface area (TPSA) is 51.8 Å². The third kappa shape index (κ3) is 5.26. The fourth-order valence-corrected chi connectivity index (χ4v) is 6.75. The quantitative estimate of drug-likeness (QED) is 0.184. The van der Waals surface area contributed by atoms with Crippen LogP contribution < -0.4 is 0 Å². The highest BCUT2D eigenvalue weighted by Gasteiger charge is 2.18. The second-order valence-electron chi connectivity index (χ2n) is 12.0. The van der Waals surface area contributed by atoms with Gasteiger partial charge in [0.2, 0.25) is 0 Å². The van der Waals surface area contributed by atoms with Crippen LogP contribution in [0.15, 0.2) is 181 Å². The Morgan fingerprint density at radius 1 is 0.367 bits per heavy atom. The maximum absolute atomic E-state index is 6.12. The van der Waals surface area contributed by atoms with E-state index in [1.165, 1.54) is 33.4 Å². The third-order valence-corrected chi connectivity index (χ3v) is 9.06. The van der Waals surface area contributed by atoms with Gasteiger partial charge in [-0.2, -0.15) is 0 Å². The zero-order valence-electron chi connectivity index (χ0n) is 26.5. The van der Waals surface area contributed by atoms with Crippen molar-refractivity contribution in [2.75, 3.05) is 0 Å². The Morgan fingerprint density at radius 3 is 1.59 bits per heavy atom. The van der Waals surface area contributed by atoms with Crippen molar-refractivity contribution < 1.29 is 4.42 Å². The van der Waals surface area contributed by atoms with Crippen molar-refractivity contribution in [1.29, 1.82) is 0 Å². The summed E-state index contributed by atoms with van der Waals surface area (Å²) in [7, 11) is 0. The lowest BCUT2D eigenvalue weighted by atomic mass is 9.84. The standard InChI is InChI=1S/C45H29N3O/c1-4-13-31(14-5-1)38-27-35(28-39(32-15-6-2-7-16-32)42(38)33-17-8-3-9-18-33)30-23-25-34(26-24-30)44-46-29-47-45(48-44)37-20-12-22-41-43(37)36-19-10-11-21-40(36)49-41/h1-29H. The largest absolute Gasteiger partial charge is 0.456 e. The number of aromatic nitrogens is 3. The number of furan rings is 1. The highest BCUT2D eigenvalue weighted by molar-refractivity contribution is 6.11. The Hall–Kier alpha value is -6.65. The van der Waals surface area contributed by atoms with E-state index in [4.69, 9.17) is 9.40 Å². The van der Waals surface area contributed by atoms with E-state index < -0.39 is 0 Å². The molecular weight excluding hydrogens is 599 g/mol. The first kappa shape index (κ1) is 28.6. The molecular formula is C45H29N3O. The van der Waals surface area contributed by atoms with Gasteiger partial charge < -0.3 is 4.42 Å². The monoisotopic (exact) mass is 627 g/mol. The molecule has 4 heteroatoms. The maximum atomic E-state index is 6.12. The maximum Gasteiger partial charge on any atom is 0.164 e. The Morgan fingerprint density at radius 2 is 0.918 bits per heavy atom. The van der Waals surface area contributed by atoms with Crippen molar-refractivity contribution in [1.82, 2.24) is 15.0 Å². The van der Waals surface area contributed by atoms with Crippen molar-refractivity contribution >= 4 is 21.9 Å². The molecule has 49 heavy (non-hydrogen) atoms. The number of para-hydroxylation sites is 1. The van der Waals surface area contributed by atoms with Crippen molar-refractivity contribution in [3.63, 3.8) is 0 Å². The van der Waals surface area contributed by atoms with Crippen LogP contribution in [-0.2, 0) is 0 Å². The first-order valence-electron chi connectivity index (χ1n) is 16.3. The van der Waals surface area contributed by atoms with Gasteiger partial charge in [0.15, 0.2) is 11.6 Å². The minimum atomic E-state index is 0.614. The Bertz CT molecular complexity index is 2520. The number of hydrogen-bond acceptors (Lipinski definition) is 4. The highest BCUT2D eigenvalue weighted by Crippen LogP contribution is 2.43. The van der Waals surface area contributed by atoms with Crippen LogP contribution in [0, 0.1) is 0 Å². The number of fused-ring (bicyclic) bond motifs is 3. The molecule has 0 N–H and O–H groups in total. The summed E-state index contributed by atoms with van der Waals surface area (Å²) in [5, 5.41) is 2.05. The second-order valence-corrected chi connectivity index (χ2v) is 12.0. The van der Waals surface area contributed by atoms with Crippen LogP contribution in [0.5, 0.6) is 0 Å². The van der Waals surface area contributed by atoms with Crippen LogP contribution in [0.1, 0.15) is 0 Å². The van der Waals surface area contributed by atoms with Crippen LogP contribution in [-0.4, -0.2) is 15.0 Å². The Kier molecular flexibility index (Phi) is 7.10. The molecule has 0 unspecified atom stereocenters. The van der Waals surface area contributed by atoms with E-state index in [0.717, 1.165) is 44.2 Å². The SMILES string of the molecule is c1ccc(-c2cc(-c3ccc(-c4ncnc(-c5cccc6oc7ccccc7c56)n4)cc3)cc(-c3ccccc3)c2-c2ccccc2)cc1. The summed E-state index contributed by atoms with van der Waals surface area (Å²) in [6, 6.07) is 59.2. The molecule has 0 aliphatic carbocycles. The summed E-state index contributed by atoms with van der Waals surface area (Å²) < 4.78 is 6.12. The lowest BCUT2D eigenvalue weighted by Crippen LogP contribution is -1.96. The van der Waals surface area contributed by atoms with Gasteiger partial charge in [0, 0.05) is 21.9 Å². The molecule has 9 rings (SSSR count). The molecule has 0 radical (unpaired) electrons. The second kappa shape index (κ2) is 12.2. The molecule has 0 atom stereocenters. The summed E-state index contributed by atoms with van der Waals surface area (Å²) in [6.07, 6.45) is 1.59. The van der Waals surface area contributed by atoms with Gasteiger partial charge in [-0.25, -0.2) is 15.0 Å². The Balaban J connectivity index is 1.15. The fourth-order valence-electron chi connectivity index (χ4n) is 6.75. The molecule has 0 amide bonds. The van der Waals surface area contributed by atoms with Gasteiger partial charge in [0.05, 0.1) is 0 Å². The summed E-state index contributed by atoms with van der Waals surface area (Å²) in [5.41, 5.74) is 12.9. The van der Waals surface area contributed by atoms with Crippen LogP contribution >= 0.6 is 0 Å². The first-order valence-corrected chi connectivity index (χ1v) is 16.3. The average Bonchev–Trinajstić information content (AvgIpc) is 3.58. The lowest BCUT2D eigenvalue weighted by Gasteiger charge is -2.19. The molecule has 0 aliphatic heterocycles. The highest BCUT2D eigenvalue weighted by atomic mass is 16.3. The molecule has 9 aromatic rings. The minimum absolute atomic E-state index is 0.614. The molecule has 0 spiro atoms. The molecule has 0 bridgehead atoms. The van der Waals surface area contributed by atoms with Gasteiger partial charge in [0.25, 0.3) is 0 Å². The van der Waals surface area contributed by atoms with E-state index in [0.29, 0.717) is 11.6 Å². The predicted molar refractivity (Wildman–Crippen MR) is 200 cm³/mol. The number of hydrogen-bond donors (Lipinski definition) is 0. The van der Waals surface area contributed by atoms with Crippen molar-refractivity contribution in [3.05, 3.63) is 176 Å². The van der Waals surface area contributed by atoms with Crippen LogP contribution in [0.25, 0.3) is 89.2 Å². The van der Waals surface area contributed by atoms with Gasteiger partial charge >= 0.3 is 0 Å². The summed E-state index contributed by atoms with van der Waals surface area (Å²) in [5.74, 6) is 1.23. The van der Waals surface area contributed by atoms with E-state index in [2.05, 4.69) is 143 Å². The smallest absolute Gasteiger partial charge is 0.164 e. The fraction of sp³-hybridized carbons (Fsp3) is 0. The van der Waals surface area contributed by atoms with Crippen molar-refractivity contribution in [2.24, 2.45) is 0 Å². The molecule has 2 heterocycles. The van der Waals surface area contributed by atoms with Gasteiger partial charge in [-0.1, -0.05) is 146 Å². The summed E-state index contributed by atoms with van der Waals surface area (Å²) in [4.78, 5) is 14.1. The van der Waals surface area contributed by atoms with E-state index in [1.54, 1.807) is 6.33 Å². The van der Waals surface area contributed by atoms with E-state index >= 15 is 0 Å². The van der Waals surface area contributed by atoms with Gasteiger partial charge in [-0.05, 0) is 68.8 Å². The molecule has 230 valence electrons. The lowest BCUT2D eigenvalue weighted by molar-refractivity contribution is 0.669. The number of nitrogens with zero attached hydrogens (tertiary/aromatic N) is 3. The van der Waals surface area contributed by atoms with E-state index in [9.17, 15) is 0 Å². The average molecular weight is 628 g/mol. The number of benzene rings is 7. The third-order valence-electron chi connectivity index (χ3n) is 9.06. The molecule has 4 nitrogen and oxygen atoms in total. The first-order chi connectivity index (χ1) is 24.3. The molecule has 0 saturated heterocycles. The van der Waals surface area contributed by atoms with Crippen LogP contribution in [0.4, 0.5) is 0 Å². The Labute approximate surface area is 284 Å². The van der Waals surface area contributed by atoms with Gasteiger partial charge in [-0.3, -0.25) is 0 Å². The summed E-state index contributed by atoms with van der Waals surface area (Å²) >= 11 is 0. The van der Waals surface area contributed by atoms with Crippen molar-refractivity contribution in [3.8, 4) is 67.3 Å². The van der Waals surface area contributed by atoms with Crippen LogP contribution in [0.3, 0.4) is 0 Å². The zero-order valence-corrected chi connectivity index (χ0v) is 26.5. The molecule has 7 aromatic carbocycles. The van der Waals surface area contributed by atoms with Crippen LogP contribution in [0.2, 0.25) is 0 Å².